The van der Waals surface area contributed by atoms with Crippen LogP contribution >= 0.6 is 0 Å². The van der Waals surface area contributed by atoms with E-state index >= 15 is 0 Å². The van der Waals surface area contributed by atoms with Crippen molar-refractivity contribution in [1.82, 2.24) is 0 Å². The summed E-state index contributed by atoms with van der Waals surface area (Å²) in [4.78, 5) is 11.5. The molecule has 4 nitrogen and oxygen atoms in total. The third-order valence-electron chi connectivity index (χ3n) is 5.78. The van der Waals surface area contributed by atoms with E-state index in [0.717, 1.165) is 19.3 Å². The molecule has 0 aliphatic carbocycles. The average Bonchev–Trinajstić information content (AvgIpc) is 2.48. The van der Waals surface area contributed by atoms with Crippen molar-refractivity contribution in [3.8, 4) is 0 Å². The van der Waals surface area contributed by atoms with Crippen molar-refractivity contribution in [2.75, 3.05) is 0 Å². The zero-order valence-corrected chi connectivity index (χ0v) is 19.5. The third kappa shape index (κ3) is 5.52. The van der Waals surface area contributed by atoms with Gasteiger partial charge in [0.25, 0.3) is 0 Å². The van der Waals surface area contributed by atoms with Crippen molar-refractivity contribution in [2.45, 2.75) is 97.2 Å². The Morgan fingerprint density at radius 3 is 2.32 bits per heavy atom. The molecule has 6 heteroatoms. The molecule has 0 saturated carbocycles. The van der Waals surface area contributed by atoms with Crippen LogP contribution in [-0.4, -0.2) is 39.4 Å². The Kier molecular flexibility index (Phi) is 7.69. The Morgan fingerprint density at radius 1 is 1.28 bits per heavy atom. The van der Waals surface area contributed by atoms with Gasteiger partial charge >= 0.3 is 5.97 Å². The predicted octanol–water partition coefficient (Wildman–Crippen LogP) is 5.05. The zero-order valence-electron chi connectivity index (χ0n) is 17.5. The van der Waals surface area contributed by atoms with E-state index in [2.05, 4.69) is 53.5 Å². The van der Waals surface area contributed by atoms with E-state index in [1.54, 1.807) is 6.92 Å². The van der Waals surface area contributed by atoms with E-state index in [9.17, 15) is 4.79 Å². The van der Waals surface area contributed by atoms with Crippen LogP contribution in [0, 0.1) is 5.92 Å². The number of carbonyl (C=O) groups is 1. The van der Waals surface area contributed by atoms with Gasteiger partial charge in [0.1, 0.15) is 0 Å². The normalized spacial score (nSPS) is 27.6. The van der Waals surface area contributed by atoms with Crippen molar-refractivity contribution in [1.29, 1.82) is 0 Å². The van der Waals surface area contributed by atoms with Gasteiger partial charge in [0, 0.05) is 6.08 Å². The molecule has 0 aromatic carbocycles. The molecular weight excluding hydrogens is 348 g/mol. The van der Waals surface area contributed by atoms with Gasteiger partial charge in [-0.1, -0.05) is 46.5 Å². The zero-order chi connectivity index (χ0) is 19.5. The van der Waals surface area contributed by atoms with Gasteiger partial charge in [-0.2, -0.15) is 0 Å². The lowest BCUT2D eigenvalue weighted by Gasteiger charge is -2.55. The smallest absolute Gasteiger partial charge is 0.332 e. The number of hydrogen-bond donors (Lipinski definition) is 0. The van der Waals surface area contributed by atoms with Gasteiger partial charge in [0.15, 0.2) is 7.83 Å². The lowest BCUT2D eigenvalue weighted by atomic mass is 9.83. The first-order valence-electron chi connectivity index (χ1n) is 9.58. The van der Waals surface area contributed by atoms with E-state index in [-0.39, 0.29) is 11.7 Å². The van der Waals surface area contributed by atoms with Gasteiger partial charge < -0.3 is 13.9 Å². The van der Waals surface area contributed by atoms with Crippen LogP contribution < -0.4 is 0 Å². The maximum absolute atomic E-state index is 11.5. The Morgan fingerprint density at radius 2 is 1.88 bits per heavy atom. The third-order valence-corrected chi connectivity index (χ3v) is 22.3. The van der Waals surface area contributed by atoms with Crippen molar-refractivity contribution in [3.05, 3.63) is 12.7 Å². The monoisotopic (exact) mass is 386 g/mol. The van der Waals surface area contributed by atoms with Gasteiger partial charge in [-0.15, -0.1) is 0 Å². The van der Waals surface area contributed by atoms with Gasteiger partial charge in [-0.25, -0.2) is 4.79 Å². The van der Waals surface area contributed by atoms with Gasteiger partial charge in [-0.05, 0) is 45.2 Å². The summed E-state index contributed by atoms with van der Waals surface area (Å²) in [5.74, 6) is 0.0735. The first-order chi connectivity index (χ1) is 11.4. The summed E-state index contributed by atoms with van der Waals surface area (Å²) < 4.78 is 18.4. The second-order valence-electron chi connectivity index (χ2n) is 8.90. The molecule has 0 spiro atoms. The van der Waals surface area contributed by atoms with Crippen LogP contribution in [-0.2, 0) is 18.7 Å². The van der Waals surface area contributed by atoms with Gasteiger partial charge in [0.2, 0.25) is 6.29 Å². The van der Waals surface area contributed by atoms with Crippen molar-refractivity contribution in [3.63, 3.8) is 0 Å². The molecule has 3 unspecified atom stereocenters. The Labute approximate surface area is 156 Å². The van der Waals surface area contributed by atoms with E-state index < -0.39 is 27.7 Å². The Bertz CT molecular complexity index is 476. The molecule has 0 N–H and O–H groups in total. The molecule has 1 saturated heterocycles. The summed E-state index contributed by atoms with van der Waals surface area (Å²) in [6.07, 6.45) is 3.37. The second kappa shape index (κ2) is 8.50. The molecule has 1 aliphatic heterocycles. The molecule has 0 aromatic rings. The van der Waals surface area contributed by atoms with Crippen LogP contribution in [0.25, 0.3) is 0 Å². The average molecular weight is 387 g/mol. The molecule has 0 radical (unpaired) electrons. The first kappa shape index (κ1) is 22.6. The minimum absolute atomic E-state index is 0.0700. The highest BCUT2D eigenvalue weighted by atomic mass is 29.3. The molecule has 1 rings (SSSR count). The lowest BCUT2D eigenvalue weighted by Crippen LogP contribution is -2.68. The predicted molar refractivity (Wildman–Crippen MR) is 109 cm³/mol. The molecule has 1 fully saturated rings. The molecule has 0 aromatic heterocycles. The Hall–Kier alpha value is -0.436. The second-order valence-corrected chi connectivity index (χ2v) is 24.1. The molecule has 3 atom stereocenters. The fraction of sp³-hybridized carbons (Fsp3) is 0.842. The van der Waals surface area contributed by atoms with Gasteiger partial charge in [-0.3, -0.25) is 0 Å². The van der Waals surface area contributed by atoms with E-state index in [1.807, 2.05) is 0 Å². The molecular formula is C19H38O4Si2. The minimum atomic E-state index is -1.75. The number of rotatable bonds is 8. The highest BCUT2D eigenvalue weighted by molar-refractivity contribution is 7.38. The first-order valence-corrected chi connectivity index (χ1v) is 16.7. The summed E-state index contributed by atoms with van der Waals surface area (Å²) in [6, 6.07) is 1.28. The highest BCUT2D eigenvalue weighted by Crippen LogP contribution is 2.45. The van der Waals surface area contributed by atoms with Crippen LogP contribution in [0.1, 0.15) is 47.0 Å². The topological polar surface area (TPSA) is 44.8 Å². The highest BCUT2D eigenvalue weighted by Gasteiger charge is 2.55. The summed E-state index contributed by atoms with van der Waals surface area (Å²) in [5, 5.41) is 0. The fourth-order valence-electron chi connectivity index (χ4n) is 3.78. The quantitative estimate of drug-likeness (QED) is 0.253. The maximum Gasteiger partial charge on any atom is 0.332 e. The molecule has 146 valence electrons. The minimum Gasteiger partial charge on any atom is -0.433 e. The fourth-order valence-corrected chi connectivity index (χ4v) is 10.7. The molecule has 25 heavy (non-hydrogen) atoms. The molecule has 1 aliphatic rings. The summed E-state index contributed by atoms with van der Waals surface area (Å²) in [6.45, 7) is 21.5. The number of hydrogen-bond acceptors (Lipinski definition) is 4. The van der Waals surface area contributed by atoms with Crippen LogP contribution in [0.5, 0.6) is 0 Å². The van der Waals surface area contributed by atoms with E-state index in [1.165, 1.54) is 12.1 Å². The number of esters is 1. The largest absolute Gasteiger partial charge is 0.433 e. The van der Waals surface area contributed by atoms with Crippen LogP contribution in [0.15, 0.2) is 12.7 Å². The molecule has 0 bridgehead atoms. The maximum atomic E-state index is 11.5. The lowest BCUT2D eigenvalue weighted by molar-refractivity contribution is -0.209. The number of ether oxygens (including phenoxy) is 2. The van der Waals surface area contributed by atoms with Crippen LogP contribution in [0.4, 0.5) is 0 Å². The van der Waals surface area contributed by atoms with Crippen molar-refractivity contribution in [2.24, 2.45) is 5.92 Å². The van der Waals surface area contributed by atoms with Crippen LogP contribution in [0.3, 0.4) is 0 Å². The van der Waals surface area contributed by atoms with E-state index in [0.29, 0.717) is 5.92 Å². The van der Waals surface area contributed by atoms with Crippen LogP contribution in [0.2, 0.25) is 32.2 Å². The molecule has 0 amide bonds. The standard InChI is InChI=1S/C19H38O4Si2/c1-10-17(21-16(5)22-18(20)11-2)19(14-15(3)4)12-13-24(6,7)25(8,9)23-19/h11,15-17H,2,10,12-14H2,1,3-9H3. The molecule has 1 heterocycles. The summed E-state index contributed by atoms with van der Waals surface area (Å²) in [5.41, 5.74) is -0.268. The summed E-state index contributed by atoms with van der Waals surface area (Å²) in [7, 11) is -3.08. The number of carbonyl (C=O) groups excluding carboxylic acids is 1. The SMILES string of the molecule is C=CC(=O)OC(C)OC(CC)C1(CC(C)C)CC[Si](C)(C)[Si](C)(C)O1. The van der Waals surface area contributed by atoms with Crippen molar-refractivity contribution >= 4 is 21.4 Å². The Balaban J connectivity index is 3.06. The summed E-state index contributed by atoms with van der Waals surface area (Å²) >= 11 is 0. The van der Waals surface area contributed by atoms with E-state index in [4.69, 9.17) is 13.9 Å². The van der Waals surface area contributed by atoms with Crippen molar-refractivity contribution < 1.29 is 18.7 Å². The van der Waals surface area contributed by atoms with Gasteiger partial charge in [0.05, 0.1) is 19.3 Å².